The van der Waals surface area contributed by atoms with Gasteiger partial charge in [0, 0.05) is 24.2 Å². The number of halogens is 1. The van der Waals surface area contributed by atoms with Crippen LogP contribution in [0.25, 0.3) is 0 Å². The third-order valence-electron chi connectivity index (χ3n) is 4.33. The Bertz CT molecular complexity index is 622. The summed E-state index contributed by atoms with van der Waals surface area (Å²) in [6.07, 6.45) is 3.20. The molecule has 0 spiro atoms. The SMILES string of the molecule is NNc1c(Cl)cc(C(=O)N2CC3CCC2C3)cc1[N+](=O)[O-]. The number of benzene rings is 1. The number of nitrogens with two attached hydrogens (primary N) is 1. The van der Waals surface area contributed by atoms with Gasteiger partial charge in [-0.2, -0.15) is 0 Å². The highest BCUT2D eigenvalue weighted by molar-refractivity contribution is 6.34. The van der Waals surface area contributed by atoms with E-state index in [0.29, 0.717) is 5.92 Å². The number of anilines is 1. The quantitative estimate of drug-likeness (QED) is 0.506. The fourth-order valence-electron chi connectivity index (χ4n) is 3.34. The first-order chi connectivity index (χ1) is 10.0. The number of hydrogen-bond acceptors (Lipinski definition) is 5. The predicted octanol–water partition coefficient (Wildman–Crippen LogP) is 2.16. The first-order valence-corrected chi connectivity index (χ1v) is 7.14. The van der Waals surface area contributed by atoms with Crippen LogP contribution >= 0.6 is 11.6 Å². The molecule has 2 aliphatic rings. The van der Waals surface area contributed by atoms with Crippen molar-refractivity contribution >= 4 is 28.9 Å². The van der Waals surface area contributed by atoms with Gasteiger partial charge < -0.3 is 10.3 Å². The maximum absolute atomic E-state index is 12.6. The minimum absolute atomic E-state index is 0.0150. The van der Waals surface area contributed by atoms with Crippen LogP contribution in [-0.2, 0) is 0 Å². The molecule has 3 N–H and O–H groups in total. The molecule has 7 nitrogen and oxygen atoms in total. The summed E-state index contributed by atoms with van der Waals surface area (Å²) in [4.78, 5) is 24.8. The smallest absolute Gasteiger partial charge is 0.295 e. The lowest BCUT2D eigenvalue weighted by molar-refractivity contribution is -0.384. The highest BCUT2D eigenvalue weighted by Gasteiger charge is 2.40. The van der Waals surface area contributed by atoms with Crippen LogP contribution in [0.4, 0.5) is 11.4 Å². The second-order valence-electron chi connectivity index (χ2n) is 5.54. The number of carbonyl (C=O) groups is 1. The van der Waals surface area contributed by atoms with Crippen LogP contribution in [0, 0.1) is 16.0 Å². The Balaban J connectivity index is 1.95. The molecule has 2 unspecified atom stereocenters. The molecule has 1 aromatic rings. The van der Waals surface area contributed by atoms with E-state index < -0.39 is 4.92 Å². The third kappa shape index (κ3) is 2.32. The second-order valence-corrected chi connectivity index (χ2v) is 5.95. The van der Waals surface area contributed by atoms with Crippen molar-refractivity contribution in [3.8, 4) is 0 Å². The Hall–Kier alpha value is -1.86. The minimum Gasteiger partial charge on any atom is -0.335 e. The molecule has 0 radical (unpaired) electrons. The number of nitrogens with zero attached hydrogens (tertiary/aromatic N) is 2. The van der Waals surface area contributed by atoms with Crippen molar-refractivity contribution < 1.29 is 9.72 Å². The summed E-state index contributed by atoms with van der Waals surface area (Å²) in [7, 11) is 0. The van der Waals surface area contributed by atoms with Gasteiger partial charge in [-0.25, -0.2) is 0 Å². The maximum Gasteiger partial charge on any atom is 0.295 e. The fraction of sp³-hybridized carbons (Fsp3) is 0.462. The van der Waals surface area contributed by atoms with Gasteiger partial charge in [-0.15, -0.1) is 0 Å². The van der Waals surface area contributed by atoms with Gasteiger partial charge in [-0.1, -0.05) is 11.6 Å². The van der Waals surface area contributed by atoms with E-state index in [1.807, 2.05) is 0 Å². The number of nitrogen functional groups attached to an aromatic ring is 1. The van der Waals surface area contributed by atoms with Crippen LogP contribution in [0.1, 0.15) is 29.6 Å². The van der Waals surface area contributed by atoms with E-state index in [0.717, 1.165) is 25.8 Å². The molecular weight excluding hydrogens is 296 g/mol. The summed E-state index contributed by atoms with van der Waals surface area (Å²) in [5, 5.41) is 11.2. The number of nitrogens with one attached hydrogen (secondary N) is 1. The van der Waals surface area contributed by atoms with Gasteiger partial charge in [0.1, 0.15) is 5.69 Å². The Labute approximate surface area is 126 Å². The van der Waals surface area contributed by atoms with E-state index in [-0.39, 0.29) is 33.9 Å². The van der Waals surface area contributed by atoms with E-state index in [9.17, 15) is 14.9 Å². The molecule has 112 valence electrons. The average molecular weight is 311 g/mol. The van der Waals surface area contributed by atoms with Crippen molar-refractivity contribution in [2.24, 2.45) is 11.8 Å². The monoisotopic (exact) mass is 310 g/mol. The van der Waals surface area contributed by atoms with Crippen molar-refractivity contribution in [1.29, 1.82) is 0 Å². The largest absolute Gasteiger partial charge is 0.335 e. The zero-order valence-corrected chi connectivity index (χ0v) is 12.0. The van der Waals surface area contributed by atoms with Gasteiger partial charge in [-0.05, 0) is 31.2 Å². The number of hydrazine groups is 1. The average Bonchev–Trinajstić information content (AvgIpc) is 3.08. The molecular formula is C13H15ClN4O3. The van der Waals surface area contributed by atoms with Gasteiger partial charge in [0.05, 0.1) is 9.95 Å². The van der Waals surface area contributed by atoms with Crippen LogP contribution in [0.5, 0.6) is 0 Å². The van der Waals surface area contributed by atoms with E-state index >= 15 is 0 Å². The minimum atomic E-state index is -0.603. The van der Waals surface area contributed by atoms with Crippen molar-refractivity contribution in [3.05, 3.63) is 32.8 Å². The second kappa shape index (κ2) is 5.16. The van der Waals surface area contributed by atoms with Crippen molar-refractivity contribution in [2.45, 2.75) is 25.3 Å². The van der Waals surface area contributed by atoms with Crippen LogP contribution in [0.15, 0.2) is 12.1 Å². The zero-order chi connectivity index (χ0) is 15.1. The maximum atomic E-state index is 12.6. The molecule has 2 bridgehead atoms. The molecule has 0 aromatic heterocycles. The molecule has 1 aliphatic carbocycles. The first kappa shape index (κ1) is 14.1. The summed E-state index contributed by atoms with van der Waals surface area (Å²) in [6.45, 7) is 0.728. The van der Waals surface area contributed by atoms with E-state index in [2.05, 4.69) is 5.43 Å². The Morgan fingerprint density at radius 3 is 2.76 bits per heavy atom. The predicted molar refractivity (Wildman–Crippen MR) is 78.1 cm³/mol. The standard InChI is InChI=1S/C13H15ClN4O3/c14-10-4-8(5-11(18(20)21)12(10)16-15)13(19)17-6-7-1-2-9(17)3-7/h4-5,7,9,16H,1-3,6,15H2. The molecule has 1 saturated carbocycles. The zero-order valence-electron chi connectivity index (χ0n) is 11.2. The van der Waals surface area contributed by atoms with Gasteiger partial charge in [0.15, 0.2) is 0 Å². The number of nitro groups is 1. The lowest BCUT2D eigenvalue weighted by atomic mass is 10.1. The molecule has 1 saturated heterocycles. The van der Waals surface area contributed by atoms with Crippen LogP contribution < -0.4 is 11.3 Å². The molecule has 2 fully saturated rings. The Morgan fingerprint density at radius 2 is 2.24 bits per heavy atom. The lowest BCUT2D eigenvalue weighted by Crippen LogP contribution is -2.37. The van der Waals surface area contributed by atoms with Crippen LogP contribution in [0.2, 0.25) is 5.02 Å². The number of nitro benzene ring substituents is 1. The van der Waals surface area contributed by atoms with Crippen LogP contribution in [0.3, 0.4) is 0 Å². The third-order valence-corrected chi connectivity index (χ3v) is 4.63. The molecule has 1 amide bonds. The van der Waals surface area contributed by atoms with Crippen molar-refractivity contribution in [2.75, 3.05) is 12.0 Å². The summed E-state index contributed by atoms with van der Waals surface area (Å²) < 4.78 is 0. The number of carbonyl (C=O) groups excluding carboxylic acids is 1. The molecule has 2 atom stereocenters. The normalized spacial score (nSPS) is 23.4. The number of fused-ring (bicyclic) bond motifs is 2. The summed E-state index contributed by atoms with van der Waals surface area (Å²) in [5.74, 6) is 5.62. The molecule has 1 aromatic carbocycles. The van der Waals surface area contributed by atoms with Gasteiger partial charge >= 0.3 is 0 Å². The molecule has 21 heavy (non-hydrogen) atoms. The van der Waals surface area contributed by atoms with E-state index in [1.165, 1.54) is 12.1 Å². The van der Waals surface area contributed by atoms with E-state index in [1.54, 1.807) is 4.90 Å². The topological polar surface area (TPSA) is 102 Å². The molecule has 1 heterocycles. The molecule has 1 aliphatic heterocycles. The number of amides is 1. The van der Waals surface area contributed by atoms with Crippen molar-refractivity contribution in [1.82, 2.24) is 4.90 Å². The number of likely N-dealkylation sites (tertiary alicyclic amines) is 1. The van der Waals surface area contributed by atoms with Crippen molar-refractivity contribution in [3.63, 3.8) is 0 Å². The van der Waals surface area contributed by atoms with Gasteiger partial charge in [0.2, 0.25) is 0 Å². The highest BCUT2D eigenvalue weighted by atomic mass is 35.5. The van der Waals surface area contributed by atoms with Gasteiger partial charge in [-0.3, -0.25) is 20.8 Å². The Kier molecular flexibility index (Phi) is 3.46. The summed E-state index contributed by atoms with van der Waals surface area (Å²) >= 11 is 5.99. The summed E-state index contributed by atoms with van der Waals surface area (Å²) in [6, 6.07) is 2.92. The molecule has 3 rings (SSSR count). The van der Waals surface area contributed by atoms with E-state index in [4.69, 9.17) is 17.4 Å². The Morgan fingerprint density at radius 1 is 1.48 bits per heavy atom. The van der Waals surface area contributed by atoms with Gasteiger partial charge in [0.25, 0.3) is 11.6 Å². The lowest BCUT2D eigenvalue weighted by Gasteiger charge is -2.27. The summed E-state index contributed by atoms with van der Waals surface area (Å²) in [5.41, 5.74) is 2.17. The first-order valence-electron chi connectivity index (χ1n) is 6.76. The molecule has 8 heteroatoms. The number of piperidine rings is 1. The highest BCUT2D eigenvalue weighted by Crippen LogP contribution is 2.39. The number of hydrogen-bond donors (Lipinski definition) is 2. The van der Waals surface area contributed by atoms with Crippen LogP contribution in [-0.4, -0.2) is 28.3 Å². The number of rotatable bonds is 3. The fourth-order valence-corrected chi connectivity index (χ4v) is 3.61.